The van der Waals surface area contributed by atoms with Gasteiger partial charge in [-0.2, -0.15) is 8.78 Å². The summed E-state index contributed by atoms with van der Waals surface area (Å²) in [7, 11) is 0. The van der Waals surface area contributed by atoms with Crippen molar-refractivity contribution in [2.24, 2.45) is 0 Å². The number of alkyl halides is 2. The van der Waals surface area contributed by atoms with E-state index in [-0.39, 0.29) is 28.2 Å². The fraction of sp³-hybridized carbons (Fsp3) is 0.118. The quantitative estimate of drug-likeness (QED) is 0.341. The monoisotopic (exact) mass is 427 g/mol. The Balaban J connectivity index is 1.62. The van der Waals surface area contributed by atoms with E-state index in [1.807, 2.05) is 0 Å². The van der Waals surface area contributed by atoms with Crippen LogP contribution in [0.2, 0.25) is 0 Å². The summed E-state index contributed by atoms with van der Waals surface area (Å²) in [5.41, 5.74) is 0.337. The van der Waals surface area contributed by atoms with Crippen LogP contribution in [0.1, 0.15) is 0 Å². The molecule has 0 bridgehead atoms. The highest BCUT2D eigenvalue weighted by Crippen LogP contribution is 2.24. The van der Waals surface area contributed by atoms with Gasteiger partial charge in [-0.3, -0.25) is 4.79 Å². The second-order valence-corrected chi connectivity index (χ2v) is 6.48. The van der Waals surface area contributed by atoms with Gasteiger partial charge in [-0.1, -0.05) is 11.8 Å². The van der Waals surface area contributed by atoms with E-state index < -0.39 is 24.2 Å². The Morgan fingerprint density at radius 3 is 2.55 bits per heavy atom. The summed E-state index contributed by atoms with van der Waals surface area (Å²) >= 11 is 0.942. The van der Waals surface area contributed by atoms with Crippen molar-refractivity contribution >= 4 is 23.4 Å². The van der Waals surface area contributed by atoms with Gasteiger partial charge in [0.05, 0.1) is 11.4 Å². The number of hydrogen-bond donors (Lipinski definition) is 2. The van der Waals surface area contributed by atoms with E-state index >= 15 is 0 Å². The first-order valence-corrected chi connectivity index (χ1v) is 8.95. The molecule has 0 aliphatic carbocycles. The first-order chi connectivity index (χ1) is 13.8. The molecule has 0 aliphatic rings. The zero-order valence-corrected chi connectivity index (χ0v) is 15.3. The predicted octanol–water partition coefficient (Wildman–Crippen LogP) is 3.27. The molecule has 0 spiro atoms. The Labute approximate surface area is 165 Å². The highest BCUT2D eigenvalue weighted by Gasteiger charge is 2.15. The molecule has 0 saturated carbocycles. The number of amides is 1. The number of benzene rings is 2. The van der Waals surface area contributed by atoms with E-state index in [0.29, 0.717) is 11.6 Å². The molecule has 12 heteroatoms. The summed E-state index contributed by atoms with van der Waals surface area (Å²) in [6.07, 6.45) is 0. The zero-order valence-electron chi connectivity index (χ0n) is 14.5. The lowest BCUT2D eigenvalue weighted by atomic mass is 10.2. The molecule has 0 saturated heterocycles. The van der Waals surface area contributed by atoms with Gasteiger partial charge in [0.2, 0.25) is 11.1 Å². The molecule has 3 N–H and O–H groups in total. The van der Waals surface area contributed by atoms with Crippen LogP contribution in [-0.4, -0.2) is 33.1 Å². The first-order valence-electron chi connectivity index (χ1n) is 7.97. The van der Waals surface area contributed by atoms with Crippen LogP contribution in [0, 0.1) is 11.6 Å². The molecule has 7 nitrogen and oxygen atoms in total. The number of aromatic nitrogens is 3. The summed E-state index contributed by atoms with van der Waals surface area (Å²) < 4.78 is 56.2. The van der Waals surface area contributed by atoms with Gasteiger partial charge in [0, 0.05) is 11.6 Å². The third-order valence-corrected chi connectivity index (χ3v) is 4.48. The number of anilines is 1. The lowest BCUT2D eigenvalue weighted by molar-refractivity contribution is -0.113. The Morgan fingerprint density at radius 1 is 1.17 bits per heavy atom. The van der Waals surface area contributed by atoms with E-state index in [2.05, 4.69) is 20.3 Å². The number of carbonyl (C=O) groups is 1. The summed E-state index contributed by atoms with van der Waals surface area (Å²) in [5, 5.41) is 10.3. The van der Waals surface area contributed by atoms with Crippen LogP contribution in [0.4, 0.5) is 23.2 Å². The van der Waals surface area contributed by atoms with Gasteiger partial charge >= 0.3 is 6.61 Å². The molecule has 1 aromatic heterocycles. The van der Waals surface area contributed by atoms with Gasteiger partial charge in [-0.05, 0) is 36.4 Å². The molecule has 1 heterocycles. The molecular formula is C17H13F4N5O2S. The van der Waals surface area contributed by atoms with E-state index in [1.165, 1.54) is 24.3 Å². The number of hydrogen-bond acceptors (Lipinski definition) is 6. The smallest absolute Gasteiger partial charge is 0.387 e. The molecule has 2 aromatic carbocycles. The second-order valence-electron chi connectivity index (χ2n) is 5.54. The molecule has 1 amide bonds. The minimum atomic E-state index is -2.93. The van der Waals surface area contributed by atoms with Crippen LogP contribution in [0.15, 0.2) is 47.6 Å². The van der Waals surface area contributed by atoms with Crippen molar-refractivity contribution in [3.63, 3.8) is 0 Å². The van der Waals surface area contributed by atoms with Gasteiger partial charge in [-0.15, -0.1) is 10.2 Å². The maximum Gasteiger partial charge on any atom is 0.387 e. The molecule has 0 aliphatic heterocycles. The molecule has 3 aromatic rings. The summed E-state index contributed by atoms with van der Waals surface area (Å²) in [4.78, 5) is 12.0. The average molecular weight is 427 g/mol. The second kappa shape index (κ2) is 8.82. The van der Waals surface area contributed by atoms with Gasteiger partial charge in [-0.25, -0.2) is 13.5 Å². The largest absolute Gasteiger partial charge is 0.435 e. The third-order valence-electron chi connectivity index (χ3n) is 3.54. The molecule has 0 unspecified atom stereocenters. The van der Waals surface area contributed by atoms with Crippen LogP contribution in [-0.2, 0) is 4.79 Å². The minimum Gasteiger partial charge on any atom is -0.435 e. The third kappa shape index (κ3) is 5.16. The lowest BCUT2D eigenvalue weighted by Crippen LogP contribution is -2.17. The molecule has 3 rings (SSSR count). The topological polar surface area (TPSA) is 95.1 Å². The van der Waals surface area contributed by atoms with E-state index in [0.717, 1.165) is 28.6 Å². The van der Waals surface area contributed by atoms with Crippen LogP contribution < -0.4 is 15.9 Å². The maximum atomic E-state index is 13.6. The summed E-state index contributed by atoms with van der Waals surface area (Å²) in [6, 6.07) is 8.39. The van der Waals surface area contributed by atoms with Crippen LogP contribution in [0.25, 0.3) is 11.4 Å². The van der Waals surface area contributed by atoms with Crippen LogP contribution in [0.3, 0.4) is 0 Å². The van der Waals surface area contributed by atoms with E-state index in [1.54, 1.807) is 0 Å². The summed E-state index contributed by atoms with van der Waals surface area (Å²) in [6.45, 7) is -2.93. The Bertz CT molecular complexity index is 1010. The summed E-state index contributed by atoms with van der Waals surface area (Å²) in [5.74, 6) is 3.77. The molecule has 0 radical (unpaired) electrons. The molecule has 0 fully saturated rings. The molecule has 0 atom stereocenters. The number of nitrogen functional groups attached to an aromatic ring is 1. The van der Waals surface area contributed by atoms with Gasteiger partial charge in [0.15, 0.2) is 5.82 Å². The van der Waals surface area contributed by atoms with Crippen molar-refractivity contribution in [1.82, 2.24) is 14.9 Å². The van der Waals surface area contributed by atoms with E-state index in [9.17, 15) is 22.4 Å². The number of thioether (sulfide) groups is 1. The highest BCUT2D eigenvalue weighted by atomic mass is 32.2. The molecule has 152 valence electrons. The number of rotatable bonds is 7. The zero-order chi connectivity index (χ0) is 21.0. The fourth-order valence-corrected chi connectivity index (χ4v) is 2.92. The number of nitrogens with one attached hydrogen (secondary N) is 1. The van der Waals surface area contributed by atoms with Crippen molar-refractivity contribution in [2.45, 2.75) is 11.8 Å². The lowest BCUT2D eigenvalue weighted by Gasteiger charge is -2.07. The van der Waals surface area contributed by atoms with Crippen molar-refractivity contribution in [2.75, 3.05) is 16.9 Å². The minimum absolute atomic E-state index is 0.0221. The van der Waals surface area contributed by atoms with Crippen molar-refractivity contribution in [3.05, 3.63) is 54.1 Å². The van der Waals surface area contributed by atoms with Crippen molar-refractivity contribution in [3.8, 4) is 17.1 Å². The van der Waals surface area contributed by atoms with Gasteiger partial charge in [0.1, 0.15) is 17.4 Å². The Hall–Kier alpha value is -3.28. The van der Waals surface area contributed by atoms with Gasteiger partial charge < -0.3 is 15.9 Å². The Morgan fingerprint density at radius 2 is 1.90 bits per heavy atom. The van der Waals surface area contributed by atoms with Gasteiger partial charge in [0.25, 0.3) is 0 Å². The number of halogens is 4. The number of ether oxygens (including phenoxy) is 1. The first kappa shape index (κ1) is 20.5. The van der Waals surface area contributed by atoms with Crippen LogP contribution in [0.5, 0.6) is 5.75 Å². The van der Waals surface area contributed by atoms with E-state index in [4.69, 9.17) is 5.84 Å². The number of nitrogens with zero attached hydrogens (tertiary/aromatic N) is 3. The number of nitrogens with two attached hydrogens (primary N) is 1. The van der Waals surface area contributed by atoms with Crippen molar-refractivity contribution in [1.29, 1.82) is 0 Å². The predicted molar refractivity (Wildman–Crippen MR) is 98.0 cm³/mol. The van der Waals surface area contributed by atoms with Crippen molar-refractivity contribution < 1.29 is 27.1 Å². The standard InChI is InChI=1S/C17H13F4N5O2S/c18-10-3-6-13(12(19)7-10)23-14(27)8-29-17-25-24-15(26(17)22)9-1-4-11(5-2-9)28-16(20)21/h1-7,16H,8,22H2,(H,23,27). The fourth-order valence-electron chi connectivity index (χ4n) is 2.26. The molecular weight excluding hydrogens is 414 g/mol. The number of carbonyl (C=O) groups excluding carboxylic acids is 1. The maximum absolute atomic E-state index is 13.6. The average Bonchev–Trinajstić information content (AvgIpc) is 3.03. The highest BCUT2D eigenvalue weighted by molar-refractivity contribution is 7.99. The molecule has 29 heavy (non-hydrogen) atoms. The van der Waals surface area contributed by atoms with Crippen LogP contribution >= 0.6 is 11.8 Å². The Kier molecular flexibility index (Phi) is 6.22. The SMILES string of the molecule is Nn1c(SCC(=O)Nc2ccc(F)cc2F)nnc1-c1ccc(OC(F)F)cc1. The normalized spacial score (nSPS) is 10.9.